The van der Waals surface area contributed by atoms with E-state index < -0.39 is 12.2 Å². The summed E-state index contributed by atoms with van der Waals surface area (Å²) in [7, 11) is 1.00. The third kappa shape index (κ3) is 24.0. The number of nitrogens with zero attached hydrogens (tertiary/aromatic N) is 3. The van der Waals surface area contributed by atoms with Gasteiger partial charge in [0.25, 0.3) is 0 Å². The van der Waals surface area contributed by atoms with Crippen LogP contribution in [0.5, 0.6) is 0 Å². The Morgan fingerprint density at radius 2 is 0.789 bits per heavy atom. The second-order valence-corrected chi connectivity index (χ2v) is 21.7. The molecule has 0 unspecified atom stereocenters. The standard InChI is InChI=1S/2C21H26ClNO.C21H24ClNO.CH4O.B.Na.H/c3*22-20-12-10-19(11-13-20)21(24)16-23-14-4-7-18(15-23)9-8-17-5-2-1-3-6-17;1-2;;;/h2*1-3,5-6,10-13,18,21,24H,4,7-9,14-16H2;1-3,5-6,10-13,18H,4,7-9,14-16H2;2H,1H3;;;/q;;;;;+1;-1/t18-,21+;18-,21-;18-;;;;/m111..../s1. The Hall–Kier alpha value is -3.32. The molecule has 9 rings (SSSR count). The Morgan fingerprint density at radius 1 is 0.487 bits per heavy atom. The minimum Gasteiger partial charge on any atom is -1.00 e. The van der Waals surface area contributed by atoms with Gasteiger partial charge in [-0.2, -0.15) is 0 Å². The number of carbonyl (C=O) groups is 1. The van der Waals surface area contributed by atoms with Crippen molar-refractivity contribution < 1.29 is 51.1 Å². The molecule has 3 aliphatic heterocycles. The van der Waals surface area contributed by atoms with E-state index in [9.17, 15) is 15.0 Å². The number of rotatable bonds is 18. The molecule has 3 saturated heterocycles. The molecule has 6 aromatic carbocycles. The van der Waals surface area contributed by atoms with Crippen molar-refractivity contribution in [3.8, 4) is 0 Å². The SMILES string of the molecule is CO.O=C(CN1CCC[C@H](CCc2ccccc2)C1)c1ccc(Cl)cc1.O[C@@H](CN1CCC[C@H](CCc2ccccc2)C1)c1ccc(Cl)cc1.O[C@H](CN1CCC[C@H](CCc2ccccc2)C1)c1ccc(Cl)cc1.[B].[H-].[Na+]. The van der Waals surface area contributed by atoms with E-state index >= 15 is 0 Å². The van der Waals surface area contributed by atoms with Crippen LogP contribution < -0.4 is 29.6 Å². The maximum atomic E-state index is 12.4. The van der Waals surface area contributed by atoms with Crippen LogP contribution in [0.3, 0.4) is 0 Å². The summed E-state index contributed by atoms with van der Waals surface area (Å²) in [6.07, 6.45) is 13.8. The van der Waals surface area contributed by atoms with Crippen LogP contribution in [-0.4, -0.2) is 110 Å². The molecule has 76 heavy (non-hydrogen) atoms. The molecule has 3 heterocycles. The number of Topliss-reactive ketones (excluding diaryl/α,β-unsaturated/α-hetero) is 1. The van der Waals surface area contributed by atoms with Gasteiger partial charge in [0.2, 0.25) is 0 Å². The van der Waals surface area contributed by atoms with Gasteiger partial charge in [-0.25, -0.2) is 0 Å². The summed E-state index contributed by atoms with van der Waals surface area (Å²) in [6.45, 7) is 8.37. The monoisotopic (exact) mass is 1090 g/mol. The van der Waals surface area contributed by atoms with Gasteiger partial charge in [0.15, 0.2) is 5.78 Å². The van der Waals surface area contributed by atoms with E-state index in [-0.39, 0.29) is 45.2 Å². The number of aliphatic hydroxyl groups is 3. The summed E-state index contributed by atoms with van der Waals surface area (Å²) in [4.78, 5) is 19.6. The zero-order chi connectivity index (χ0) is 52.3. The molecule has 0 bridgehead atoms. The minimum absolute atomic E-state index is 0. The Labute approximate surface area is 496 Å². The first-order valence-electron chi connectivity index (χ1n) is 27.0. The largest absolute Gasteiger partial charge is 1.00 e. The van der Waals surface area contributed by atoms with Crippen LogP contribution in [0.15, 0.2) is 164 Å². The van der Waals surface area contributed by atoms with E-state index in [0.717, 1.165) is 94.2 Å². The van der Waals surface area contributed by atoms with Gasteiger partial charge in [-0.1, -0.05) is 150 Å². The smallest absolute Gasteiger partial charge is 1.00 e. The van der Waals surface area contributed by atoms with Crippen molar-refractivity contribution in [2.24, 2.45) is 17.8 Å². The van der Waals surface area contributed by atoms with Gasteiger partial charge in [0, 0.05) is 68.9 Å². The van der Waals surface area contributed by atoms with Gasteiger partial charge in [-0.05, 0) is 191 Å². The van der Waals surface area contributed by atoms with Crippen LogP contribution in [0, 0.1) is 17.8 Å². The molecule has 7 nitrogen and oxygen atoms in total. The van der Waals surface area contributed by atoms with Crippen LogP contribution in [0.2, 0.25) is 15.1 Å². The van der Waals surface area contributed by atoms with Gasteiger partial charge < -0.3 is 26.5 Å². The van der Waals surface area contributed by atoms with Crippen molar-refractivity contribution >= 4 is 49.0 Å². The van der Waals surface area contributed by atoms with Crippen molar-refractivity contribution in [2.75, 3.05) is 66.0 Å². The number of benzene rings is 6. The molecule has 401 valence electrons. The number of ketones is 1. The molecular formula is C64H81BCl3N3NaO4. The van der Waals surface area contributed by atoms with Gasteiger partial charge >= 0.3 is 29.6 Å². The molecule has 3 radical (unpaired) electrons. The summed E-state index contributed by atoms with van der Waals surface area (Å²) in [5.41, 5.74) is 6.92. The molecule has 3 aliphatic rings. The molecule has 0 aromatic heterocycles. The van der Waals surface area contributed by atoms with Crippen molar-refractivity contribution in [1.82, 2.24) is 14.7 Å². The van der Waals surface area contributed by atoms with Gasteiger partial charge in [-0.3, -0.25) is 9.69 Å². The first kappa shape index (κ1) is 65.2. The molecular weight excluding hydrogens is 1010 g/mol. The van der Waals surface area contributed by atoms with Crippen LogP contribution in [0.1, 0.15) is 110 Å². The Morgan fingerprint density at radius 3 is 1.13 bits per heavy atom. The Balaban J connectivity index is 0.000000293. The van der Waals surface area contributed by atoms with Crippen LogP contribution in [0.25, 0.3) is 0 Å². The Bertz CT molecular complexity index is 2340. The maximum absolute atomic E-state index is 12.4. The molecule has 3 N–H and O–H groups in total. The molecule has 5 atom stereocenters. The number of aliphatic hydroxyl groups excluding tert-OH is 3. The van der Waals surface area contributed by atoms with E-state index in [4.69, 9.17) is 39.9 Å². The average molecular weight is 1100 g/mol. The number of β-amino-alcohol motifs (C(OH)–C–C–N with tert-alkyl or cyclic N) is 2. The van der Waals surface area contributed by atoms with Crippen LogP contribution in [0.4, 0.5) is 0 Å². The summed E-state index contributed by atoms with van der Waals surface area (Å²) in [5, 5.41) is 30.0. The summed E-state index contributed by atoms with van der Waals surface area (Å²) >= 11 is 17.7. The molecule has 0 amide bonds. The second kappa shape index (κ2) is 36.8. The van der Waals surface area contributed by atoms with Crippen molar-refractivity contribution in [3.63, 3.8) is 0 Å². The normalized spacial score (nSPS) is 18.5. The zero-order valence-corrected chi connectivity index (χ0v) is 49.4. The quantitative estimate of drug-likeness (QED) is 0.0584. The van der Waals surface area contributed by atoms with E-state index in [1.54, 1.807) is 12.1 Å². The fourth-order valence-electron chi connectivity index (χ4n) is 10.7. The third-order valence-electron chi connectivity index (χ3n) is 14.8. The molecule has 0 spiro atoms. The zero-order valence-electron chi connectivity index (χ0n) is 46.1. The van der Waals surface area contributed by atoms with Crippen LogP contribution in [-0.2, 0) is 19.3 Å². The molecule has 3 fully saturated rings. The maximum Gasteiger partial charge on any atom is 1.00 e. The summed E-state index contributed by atoms with van der Waals surface area (Å²) in [6, 6.07) is 54.4. The number of halogens is 3. The average Bonchev–Trinajstić information content (AvgIpc) is 3.44. The molecule has 0 aliphatic carbocycles. The predicted molar refractivity (Wildman–Crippen MR) is 315 cm³/mol. The molecule has 12 heteroatoms. The number of likely N-dealkylation sites (tertiary alicyclic amines) is 3. The predicted octanol–water partition coefficient (Wildman–Crippen LogP) is 10.6. The fraction of sp³-hybridized carbons (Fsp3) is 0.422. The number of aryl methyl sites for hydroxylation is 3. The summed E-state index contributed by atoms with van der Waals surface area (Å²) in [5.74, 6) is 2.35. The fourth-order valence-corrected chi connectivity index (χ4v) is 11.1. The van der Waals surface area contributed by atoms with E-state index in [0.29, 0.717) is 40.6 Å². The van der Waals surface area contributed by atoms with E-state index in [2.05, 4.69) is 106 Å². The van der Waals surface area contributed by atoms with Crippen molar-refractivity contribution in [1.29, 1.82) is 0 Å². The van der Waals surface area contributed by atoms with Gasteiger partial charge in [0.05, 0.1) is 18.8 Å². The number of hydrogen-bond donors (Lipinski definition) is 3. The van der Waals surface area contributed by atoms with Gasteiger partial charge in [0.1, 0.15) is 0 Å². The van der Waals surface area contributed by atoms with E-state index in [1.807, 2.05) is 60.7 Å². The first-order chi connectivity index (χ1) is 36.1. The van der Waals surface area contributed by atoms with Crippen molar-refractivity contribution in [2.45, 2.75) is 89.3 Å². The van der Waals surface area contributed by atoms with E-state index in [1.165, 1.54) is 74.5 Å². The van der Waals surface area contributed by atoms with Crippen LogP contribution >= 0.6 is 34.8 Å². The number of piperidine rings is 3. The Kier molecular flexibility index (Phi) is 31.6. The number of hydrogen-bond acceptors (Lipinski definition) is 7. The minimum atomic E-state index is -0.435. The third-order valence-corrected chi connectivity index (χ3v) is 15.5. The summed E-state index contributed by atoms with van der Waals surface area (Å²) < 4.78 is 0. The molecule has 6 aromatic rings. The second-order valence-electron chi connectivity index (χ2n) is 20.4. The first-order valence-corrected chi connectivity index (χ1v) is 28.1. The van der Waals surface area contributed by atoms with Crippen molar-refractivity contribution in [3.05, 3.63) is 212 Å². The number of carbonyl (C=O) groups excluding carboxylic acids is 1. The topological polar surface area (TPSA) is 87.5 Å². The van der Waals surface area contributed by atoms with Gasteiger partial charge in [-0.15, -0.1) is 0 Å². The molecule has 0 saturated carbocycles.